The van der Waals surface area contributed by atoms with Crippen LogP contribution in [0.2, 0.25) is 0 Å². The first-order chi connectivity index (χ1) is 9.12. The molecule has 0 bridgehead atoms. The lowest BCUT2D eigenvalue weighted by Gasteiger charge is -2.50. The van der Waals surface area contributed by atoms with Crippen molar-refractivity contribution in [3.63, 3.8) is 0 Å². The number of para-hydroxylation sites is 1. The molecule has 0 N–H and O–H groups in total. The molecule has 1 amide bonds. The van der Waals surface area contributed by atoms with Crippen LogP contribution in [-0.4, -0.2) is 9.14 Å². The third-order valence-electron chi connectivity index (χ3n) is 3.26. The van der Waals surface area contributed by atoms with Crippen molar-refractivity contribution in [2.24, 2.45) is 0 Å². The molecule has 0 radical (unpaired) electrons. The van der Waals surface area contributed by atoms with E-state index in [0.717, 1.165) is 11.3 Å². The number of hydrogen-bond acceptors (Lipinski definition) is 1. The number of nitrogens with zero attached hydrogens (tertiary/aromatic N) is 1. The molecule has 1 aliphatic heterocycles. The number of β-lactam (4-membered cyclic amide) rings is 1. The summed E-state index contributed by atoms with van der Waals surface area (Å²) in [6.07, 6.45) is 0. The van der Waals surface area contributed by atoms with Crippen molar-refractivity contribution in [2.45, 2.75) is 9.28 Å². The summed E-state index contributed by atoms with van der Waals surface area (Å²) >= 11 is 6.99. The van der Waals surface area contributed by atoms with E-state index in [0.29, 0.717) is 0 Å². The molecule has 2 aromatic rings. The first kappa shape index (κ1) is 12.9. The molecule has 1 fully saturated rings. The van der Waals surface area contributed by atoms with Crippen molar-refractivity contribution >= 4 is 43.5 Å². The minimum Gasteiger partial charge on any atom is -0.300 e. The molecule has 1 atom stereocenters. The highest BCUT2D eigenvalue weighted by Gasteiger charge is 2.59. The van der Waals surface area contributed by atoms with Gasteiger partial charge in [-0.15, -0.1) is 0 Å². The highest BCUT2D eigenvalue weighted by molar-refractivity contribution is 9.26. The van der Waals surface area contributed by atoms with Crippen LogP contribution in [0.1, 0.15) is 11.6 Å². The van der Waals surface area contributed by atoms with E-state index in [-0.39, 0.29) is 11.9 Å². The Morgan fingerprint density at radius 1 is 0.895 bits per heavy atom. The van der Waals surface area contributed by atoms with E-state index in [2.05, 4.69) is 31.9 Å². The highest BCUT2D eigenvalue weighted by atomic mass is 79.9. The molecule has 19 heavy (non-hydrogen) atoms. The maximum Gasteiger partial charge on any atom is 0.257 e. The predicted molar refractivity (Wildman–Crippen MR) is 83.7 cm³/mol. The van der Waals surface area contributed by atoms with Crippen LogP contribution >= 0.6 is 31.9 Å². The second-order valence-electron chi connectivity index (χ2n) is 4.45. The molecule has 1 aliphatic rings. The molecular weight excluding hydrogens is 370 g/mol. The number of carbonyl (C=O) groups excluding carboxylic acids is 1. The second kappa shape index (κ2) is 4.76. The molecular formula is C15H11Br2NO. The summed E-state index contributed by atoms with van der Waals surface area (Å²) in [5.41, 5.74) is 2.01. The van der Waals surface area contributed by atoms with Crippen LogP contribution in [0, 0.1) is 0 Å². The fourth-order valence-corrected chi connectivity index (χ4v) is 3.66. The van der Waals surface area contributed by atoms with Gasteiger partial charge in [-0.1, -0.05) is 80.4 Å². The zero-order valence-electron chi connectivity index (χ0n) is 9.96. The fraction of sp³-hybridized carbons (Fsp3) is 0.133. The monoisotopic (exact) mass is 379 g/mol. The quantitative estimate of drug-likeness (QED) is 0.563. The van der Waals surface area contributed by atoms with Gasteiger partial charge in [0.25, 0.3) is 5.91 Å². The normalized spacial score (nSPS) is 21.1. The summed E-state index contributed by atoms with van der Waals surface area (Å²) < 4.78 is -0.711. The second-order valence-corrected chi connectivity index (χ2v) is 8.01. The van der Waals surface area contributed by atoms with E-state index < -0.39 is 3.23 Å². The number of anilines is 1. The van der Waals surface area contributed by atoms with Gasteiger partial charge in [0, 0.05) is 5.69 Å². The van der Waals surface area contributed by atoms with Crippen molar-refractivity contribution in [1.29, 1.82) is 0 Å². The van der Waals surface area contributed by atoms with E-state index in [4.69, 9.17) is 0 Å². The maximum atomic E-state index is 12.3. The van der Waals surface area contributed by atoms with Crippen LogP contribution in [0.25, 0.3) is 0 Å². The Morgan fingerprint density at radius 3 is 2.00 bits per heavy atom. The summed E-state index contributed by atoms with van der Waals surface area (Å²) in [4.78, 5) is 14.1. The van der Waals surface area contributed by atoms with E-state index in [1.807, 2.05) is 60.7 Å². The summed E-state index contributed by atoms with van der Waals surface area (Å²) in [7, 11) is 0. The Kier molecular flexibility index (Phi) is 3.23. The van der Waals surface area contributed by atoms with Gasteiger partial charge in [0.05, 0.1) is 6.04 Å². The smallest absolute Gasteiger partial charge is 0.257 e. The lowest BCUT2D eigenvalue weighted by molar-refractivity contribution is -0.124. The van der Waals surface area contributed by atoms with Crippen molar-refractivity contribution in [2.75, 3.05) is 4.90 Å². The first-order valence-corrected chi connectivity index (χ1v) is 7.52. The number of rotatable bonds is 2. The molecule has 3 rings (SSSR count). The molecule has 0 aliphatic carbocycles. The average molecular weight is 381 g/mol. The Bertz CT molecular complexity index is 598. The number of hydrogen-bond donors (Lipinski definition) is 0. The van der Waals surface area contributed by atoms with Crippen molar-refractivity contribution in [3.8, 4) is 0 Å². The SMILES string of the molecule is O=C1N(c2ccccc2)C(c2ccccc2)C1(Br)Br. The van der Waals surface area contributed by atoms with Gasteiger partial charge in [0.15, 0.2) is 3.23 Å². The largest absolute Gasteiger partial charge is 0.300 e. The molecule has 2 nitrogen and oxygen atoms in total. The van der Waals surface area contributed by atoms with Crippen LogP contribution in [0.5, 0.6) is 0 Å². The summed E-state index contributed by atoms with van der Waals surface area (Å²) in [5, 5.41) is 0. The van der Waals surface area contributed by atoms with E-state index in [1.165, 1.54) is 0 Å². The van der Waals surface area contributed by atoms with E-state index in [1.54, 1.807) is 4.90 Å². The van der Waals surface area contributed by atoms with Crippen molar-refractivity contribution < 1.29 is 4.79 Å². The van der Waals surface area contributed by atoms with Crippen molar-refractivity contribution in [3.05, 3.63) is 66.2 Å². The fourth-order valence-electron chi connectivity index (χ4n) is 2.34. The minimum absolute atomic E-state index is 0.0209. The number of halogens is 2. The molecule has 1 saturated heterocycles. The maximum absolute atomic E-state index is 12.3. The third kappa shape index (κ3) is 2.03. The molecule has 96 valence electrons. The van der Waals surface area contributed by atoms with Gasteiger partial charge in [0.1, 0.15) is 0 Å². The lowest BCUT2D eigenvalue weighted by atomic mass is 9.92. The first-order valence-electron chi connectivity index (χ1n) is 5.94. The zero-order valence-corrected chi connectivity index (χ0v) is 13.1. The molecule has 0 aromatic heterocycles. The number of alkyl halides is 2. The van der Waals surface area contributed by atoms with Gasteiger partial charge < -0.3 is 4.90 Å². The third-order valence-corrected chi connectivity index (χ3v) is 4.80. The lowest BCUT2D eigenvalue weighted by Crippen LogP contribution is -2.62. The molecule has 0 spiro atoms. The standard InChI is InChI=1S/C15H11Br2NO/c16-15(17)13(11-7-3-1-4-8-11)18(14(15)19)12-9-5-2-6-10-12/h1-10,13H. The summed E-state index contributed by atoms with van der Waals surface area (Å²) in [6.45, 7) is 0. The summed E-state index contributed by atoms with van der Waals surface area (Å²) in [5.74, 6) is 0.0209. The van der Waals surface area contributed by atoms with Crippen LogP contribution < -0.4 is 4.90 Å². The van der Waals surface area contributed by atoms with Gasteiger partial charge in [-0.2, -0.15) is 0 Å². The van der Waals surface area contributed by atoms with Gasteiger partial charge in [-0.3, -0.25) is 4.79 Å². The number of benzene rings is 2. The Hall–Kier alpha value is -1.13. The van der Waals surface area contributed by atoms with Gasteiger partial charge >= 0.3 is 0 Å². The van der Waals surface area contributed by atoms with Crippen LogP contribution in [0.15, 0.2) is 60.7 Å². The molecule has 1 unspecified atom stereocenters. The van der Waals surface area contributed by atoms with Gasteiger partial charge in [-0.25, -0.2) is 0 Å². The molecule has 1 heterocycles. The topological polar surface area (TPSA) is 20.3 Å². The predicted octanol–water partition coefficient (Wildman–Crippen LogP) is 4.26. The average Bonchev–Trinajstić information content (AvgIpc) is 2.45. The van der Waals surface area contributed by atoms with Crippen molar-refractivity contribution in [1.82, 2.24) is 0 Å². The minimum atomic E-state index is -0.711. The Labute approximate surface area is 128 Å². The van der Waals surface area contributed by atoms with Crippen LogP contribution in [0.4, 0.5) is 5.69 Å². The molecule has 2 aromatic carbocycles. The summed E-state index contributed by atoms with van der Waals surface area (Å²) in [6, 6.07) is 19.7. The van der Waals surface area contributed by atoms with E-state index in [9.17, 15) is 4.79 Å². The van der Waals surface area contributed by atoms with Crippen LogP contribution in [-0.2, 0) is 4.79 Å². The van der Waals surface area contributed by atoms with Crippen LogP contribution in [0.3, 0.4) is 0 Å². The number of carbonyl (C=O) groups is 1. The van der Waals surface area contributed by atoms with Gasteiger partial charge in [0.2, 0.25) is 0 Å². The highest BCUT2D eigenvalue weighted by Crippen LogP contribution is 2.54. The van der Waals surface area contributed by atoms with Gasteiger partial charge in [-0.05, 0) is 17.7 Å². The molecule has 4 heteroatoms. The molecule has 0 saturated carbocycles. The zero-order chi connectivity index (χ0) is 13.5. The van der Waals surface area contributed by atoms with E-state index >= 15 is 0 Å². The Balaban J connectivity index is 2.03. The number of amides is 1. The Morgan fingerprint density at radius 2 is 1.42 bits per heavy atom.